The number of nitrogens with one attached hydrogen (secondary N) is 1. The van der Waals surface area contributed by atoms with Gasteiger partial charge in [0.1, 0.15) is 5.82 Å². The number of hydrogen-bond acceptors (Lipinski definition) is 3. The monoisotopic (exact) mass is 301 g/mol. The fraction of sp³-hybridized carbons (Fsp3) is 0.412. The molecule has 2 rings (SSSR count). The van der Waals surface area contributed by atoms with Crippen LogP contribution in [-0.4, -0.2) is 33.2 Å². The molecule has 0 saturated carbocycles. The molecule has 2 aromatic rings. The summed E-state index contributed by atoms with van der Waals surface area (Å²) in [4.78, 5) is 16.8. The van der Waals surface area contributed by atoms with E-state index in [0.717, 1.165) is 23.6 Å². The lowest BCUT2D eigenvalue weighted by Gasteiger charge is -2.15. The normalized spacial score (nSPS) is 12.2. The summed E-state index contributed by atoms with van der Waals surface area (Å²) in [5.41, 5.74) is 2.49. The fourth-order valence-corrected chi connectivity index (χ4v) is 2.63. The summed E-state index contributed by atoms with van der Waals surface area (Å²) in [5, 5.41) is 12.0. The lowest BCUT2D eigenvalue weighted by atomic mass is 10.1. The van der Waals surface area contributed by atoms with Gasteiger partial charge in [-0.25, -0.2) is 4.98 Å². The highest BCUT2D eigenvalue weighted by Crippen LogP contribution is 2.19. The van der Waals surface area contributed by atoms with Crippen LogP contribution in [0.3, 0.4) is 0 Å². The molecule has 0 fully saturated rings. The molecule has 1 atom stereocenters. The van der Waals surface area contributed by atoms with E-state index in [4.69, 9.17) is 5.11 Å². The molecule has 5 heteroatoms. The maximum absolute atomic E-state index is 12.5. The Bertz CT molecular complexity index is 635. The van der Waals surface area contributed by atoms with Crippen LogP contribution in [0.4, 0.5) is 0 Å². The summed E-state index contributed by atoms with van der Waals surface area (Å²) < 4.78 is 1.97. The maximum Gasteiger partial charge on any atom is 0.253 e. The predicted octanol–water partition coefficient (Wildman–Crippen LogP) is 2.38. The van der Waals surface area contributed by atoms with Gasteiger partial charge in [-0.1, -0.05) is 13.0 Å². The molecule has 0 saturated heterocycles. The van der Waals surface area contributed by atoms with Gasteiger partial charge in [-0.2, -0.15) is 0 Å². The van der Waals surface area contributed by atoms with Gasteiger partial charge in [0.15, 0.2) is 0 Å². The van der Waals surface area contributed by atoms with Gasteiger partial charge in [0, 0.05) is 30.2 Å². The minimum absolute atomic E-state index is 0.00425. The second-order valence-electron chi connectivity index (χ2n) is 5.40. The largest absolute Gasteiger partial charge is 0.396 e. The van der Waals surface area contributed by atoms with Crippen molar-refractivity contribution in [2.24, 2.45) is 0 Å². The molecule has 118 valence electrons. The highest BCUT2D eigenvalue weighted by molar-refractivity contribution is 5.96. The topological polar surface area (TPSA) is 67.2 Å². The summed E-state index contributed by atoms with van der Waals surface area (Å²) in [7, 11) is 0. The predicted molar refractivity (Wildman–Crippen MR) is 86.3 cm³/mol. The fourth-order valence-electron chi connectivity index (χ4n) is 2.63. The molecule has 1 amide bonds. The molecule has 0 aromatic carbocycles. The van der Waals surface area contributed by atoms with Gasteiger partial charge in [0.05, 0.1) is 5.56 Å². The van der Waals surface area contributed by atoms with Gasteiger partial charge in [-0.15, -0.1) is 0 Å². The van der Waals surface area contributed by atoms with E-state index in [0.29, 0.717) is 12.0 Å². The van der Waals surface area contributed by atoms with Crippen LogP contribution in [0.15, 0.2) is 30.5 Å². The number of pyridine rings is 1. The van der Waals surface area contributed by atoms with E-state index >= 15 is 0 Å². The number of rotatable bonds is 6. The third-order valence-electron chi connectivity index (χ3n) is 3.86. The van der Waals surface area contributed by atoms with Gasteiger partial charge >= 0.3 is 0 Å². The molecule has 2 heterocycles. The Morgan fingerprint density at radius 2 is 2.18 bits per heavy atom. The van der Waals surface area contributed by atoms with Crippen molar-refractivity contribution in [3.63, 3.8) is 0 Å². The number of carbonyl (C=O) groups is 1. The average Bonchev–Trinajstić information content (AvgIpc) is 2.82. The van der Waals surface area contributed by atoms with E-state index in [2.05, 4.69) is 10.3 Å². The van der Waals surface area contributed by atoms with Crippen LogP contribution in [0.5, 0.6) is 0 Å². The molecule has 0 aliphatic carbocycles. The van der Waals surface area contributed by atoms with Gasteiger partial charge in [0.25, 0.3) is 5.91 Å². The minimum atomic E-state index is -0.101. The number of nitrogens with zero attached hydrogens (tertiary/aromatic N) is 2. The number of hydrogen-bond donors (Lipinski definition) is 2. The highest BCUT2D eigenvalue weighted by Gasteiger charge is 2.19. The van der Waals surface area contributed by atoms with E-state index in [1.54, 1.807) is 6.20 Å². The molecule has 0 aliphatic rings. The average molecular weight is 301 g/mol. The summed E-state index contributed by atoms with van der Waals surface area (Å²) >= 11 is 0. The maximum atomic E-state index is 12.5. The Labute approximate surface area is 131 Å². The van der Waals surface area contributed by atoms with Gasteiger partial charge in [-0.3, -0.25) is 4.79 Å². The second-order valence-corrected chi connectivity index (χ2v) is 5.40. The first-order valence-corrected chi connectivity index (χ1v) is 7.60. The third kappa shape index (κ3) is 3.36. The molecule has 0 radical (unpaired) electrons. The van der Waals surface area contributed by atoms with Gasteiger partial charge < -0.3 is 15.0 Å². The summed E-state index contributed by atoms with van der Waals surface area (Å²) in [6.45, 7) is 5.95. The Morgan fingerprint density at radius 3 is 2.77 bits per heavy atom. The van der Waals surface area contributed by atoms with Crippen LogP contribution >= 0.6 is 0 Å². The molecular weight excluding hydrogens is 278 g/mol. The van der Waals surface area contributed by atoms with Crippen LogP contribution in [-0.2, 0) is 0 Å². The lowest BCUT2D eigenvalue weighted by molar-refractivity contribution is 0.0928. The van der Waals surface area contributed by atoms with E-state index in [9.17, 15) is 4.79 Å². The number of aryl methyl sites for hydroxylation is 1. The van der Waals surface area contributed by atoms with Crippen molar-refractivity contribution in [1.29, 1.82) is 0 Å². The van der Waals surface area contributed by atoms with Crippen molar-refractivity contribution < 1.29 is 9.90 Å². The number of carbonyl (C=O) groups excluding carboxylic acids is 1. The smallest absolute Gasteiger partial charge is 0.253 e. The minimum Gasteiger partial charge on any atom is -0.396 e. The summed E-state index contributed by atoms with van der Waals surface area (Å²) in [5.74, 6) is 0.703. The summed E-state index contributed by atoms with van der Waals surface area (Å²) in [6, 6.07) is 7.59. The van der Waals surface area contributed by atoms with Crippen LogP contribution in [0.2, 0.25) is 0 Å². The first kappa shape index (κ1) is 16.2. The van der Waals surface area contributed by atoms with Crippen molar-refractivity contribution in [2.45, 2.75) is 39.7 Å². The quantitative estimate of drug-likeness (QED) is 0.861. The van der Waals surface area contributed by atoms with Crippen molar-refractivity contribution in [3.05, 3.63) is 47.4 Å². The molecule has 5 nitrogen and oxygen atoms in total. The first-order valence-electron chi connectivity index (χ1n) is 7.60. The lowest BCUT2D eigenvalue weighted by Crippen LogP contribution is -2.35. The van der Waals surface area contributed by atoms with E-state index < -0.39 is 0 Å². The second kappa shape index (κ2) is 7.22. The van der Waals surface area contributed by atoms with Crippen LogP contribution in [0.25, 0.3) is 5.82 Å². The van der Waals surface area contributed by atoms with Gasteiger partial charge in [0.2, 0.25) is 0 Å². The SMILES string of the molecule is CCC(CCO)NC(=O)c1cc(C)n(-c2ccccn2)c1C. The zero-order valence-electron chi connectivity index (χ0n) is 13.3. The molecule has 0 spiro atoms. The Balaban J connectivity index is 2.28. The van der Waals surface area contributed by atoms with E-state index in [1.165, 1.54) is 0 Å². The molecule has 0 aliphatic heterocycles. The van der Waals surface area contributed by atoms with Crippen LogP contribution in [0.1, 0.15) is 41.5 Å². The Morgan fingerprint density at radius 1 is 1.41 bits per heavy atom. The van der Waals surface area contributed by atoms with Gasteiger partial charge in [-0.05, 0) is 44.9 Å². The Kier molecular flexibility index (Phi) is 5.33. The standard InChI is InChI=1S/C17H23N3O2/c1-4-14(8-10-21)19-17(22)15-11-12(2)20(13(15)3)16-7-5-6-9-18-16/h5-7,9,11,14,21H,4,8,10H2,1-3H3,(H,19,22). The molecule has 2 N–H and O–H groups in total. The number of aliphatic hydroxyl groups is 1. The summed E-state index contributed by atoms with van der Waals surface area (Å²) in [6.07, 6.45) is 3.11. The third-order valence-corrected chi connectivity index (χ3v) is 3.86. The zero-order valence-corrected chi connectivity index (χ0v) is 13.3. The van der Waals surface area contributed by atoms with E-state index in [-0.39, 0.29) is 18.6 Å². The molecule has 22 heavy (non-hydrogen) atoms. The van der Waals surface area contributed by atoms with Crippen molar-refractivity contribution in [1.82, 2.24) is 14.9 Å². The van der Waals surface area contributed by atoms with Crippen molar-refractivity contribution >= 4 is 5.91 Å². The molecule has 2 aromatic heterocycles. The number of amides is 1. The number of aliphatic hydroxyl groups excluding tert-OH is 1. The highest BCUT2D eigenvalue weighted by atomic mass is 16.3. The van der Waals surface area contributed by atoms with Crippen molar-refractivity contribution in [2.75, 3.05) is 6.61 Å². The molecule has 1 unspecified atom stereocenters. The number of aromatic nitrogens is 2. The molecular formula is C17H23N3O2. The van der Waals surface area contributed by atoms with E-state index in [1.807, 2.05) is 49.6 Å². The zero-order chi connectivity index (χ0) is 16.1. The van der Waals surface area contributed by atoms with Crippen molar-refractivity contribution in [3.8, 4) is 5.82 Å². The first-order chi connectivity index (χ1) is 10.6. The molecule has 0 bridgehead atoms. The van der Waals surface area contributed by atoms with Crippen LogP contribution < -0.4 is 5.32 Å². The van der Waals surface area contributed by atoms with Crippen LogP contribution in [0, 0.1) is 13.8 Å². The Hall–Kier alpha value is -2.14.